The molecule has 0 unspecified atom stereocenters. The summed E-state index contributed by atoms with van der Waals surface area (Å²) in [6.07, 6.45) is 0.101. The van der Waals surface area contributed by atoms with Gasteiger partial charge in [0.1, 0.15) is 5.75 Å². The van der Waals surface area contributed by atoms with Crippen molar-refractivity contribution in [1.29, 1.82) is 0 Å². The number of amides is 1. The Bertz CT molecular complexity index is 852. The van der Waals surface area contributed by atoms with Crippen molar-refractivity contribution in [2.24, 2.45) is 0 Å². The predicted octanol–water partition coefficient (Wildman–Crippen LogP) is 4.08. The molecule has 0 saturated carbocycles. The fourth-order valence-corrected chi connectivity index (χ4v) is 2.31. The van der Waals surface area contributed by atoms with E-state index in [0.717, 1.165) is 16.9 Å². The van der Waals surface area contributed by atoms with Crippen molar-refractivity contribution in [1.82, 2.24) is 10.3 Å². The van der Waals surface area contributed by atoms with Crippen molar-refractivity contribution in [3.8, 4) is 17.0 Å². The average molecular weight is 337 g/mol. The van der Waals surface area contributed by atoms with Crippen molar-refractivity contribution in [2.45, 2.75) is 26.9 Å². The first kappa shape index (κ1) is 16.7. The van der Waals surface area contributed by atoms with E-state index in [4.69, 9.17) is 9.37 Å². The van der Waals surface area contributed by atoms with E-state index >= 15 is 0 Å². The van der Waals surface area contributed by atoms with Gasteiger partial charge in [-0.15, -0.1) is 0 Å². The average Bonchev–Trinajstić information content (AvgIpc) is 3.03. The number of hydrogen-bond acceptors (Lipinski definition) is 5. The fraction of sp³-hybridized carbons (Fsp3) is 0.211. The first-order valence-corrected chi connectivity index (χ1v) is 8.00. The molecule has 0 atom stereocenters. The van der Waals surface area contributed by atoms with Crippen molar-refractivity contribution in [3.05, 3.63) is 59.7 Å². The highest BCUT2D eigenvalue weighted by atomic mass is 16.6. The quantitative estimate of drug-likeness (QED) is 0.759. The largest absolute Gasteiger partial charge is 0.491 e. The van der Waals surface area contributed by atoms with Gasteiger partial charge >= 0.3 is 0 Å². The van der Waals surface area contributed by atoms with E-state index in [-0.39, 0.29) is 17.8 Å². The molecular weight excluding hydrogens is 318 g/mol. The highest BCUT2D eigenvalue weighted by Gasteiger charge is 2.16. The SMILES string of the molecule is Cc1ccc(C(=O)Nc2nonc2-c2ccc(OC(C)C)cc2)cc1. The number of carbonyl (C=O) groups is 1. The third-order valence-corrected chi connectivity index (χ3v) is 3.53. The summed E-state index contributed by atoms with van der Waals surface area (Å²) in [6.45, 7) is 5.90. The molecule has 6 nitrogen and oxygen atoms in total. The van der Waals surface area contributed by atoms with Gasteiger partial charge in [-0.2, -0.15) is 0 Å². The lowest BCUT2D eigenvalue weighted by Gasteiger charge is -2.09. The number of aryl methyl sites for hydroxylation is 1. The zero-order valence-electron chi connectivity index (χ0n) is 14.3. The van der Waals surface area contributed by atoms with Gasteiger partial charge in [0.25, 0.3) is 5.91 Å². The Kier molecular flexibility index (Phi) is 4.79. The molecule has 0 aliphatic rings. The van der Waals surface area contributed by atoms with Crippen LogP contribution in [0, 0.1) is 6.92 Å². The number of aromatic nitrogens is 2. The van der Waals surface area contributed by atoms with Gasteiger partial charge in [0.05, 0.1) is 6.10 Å². The smallest absolute Gasteiger partial charge is 0.256 e. The van der Waals surface area contributed by atoms with Crippen LogP contribution in [0.15, 0.2) is 53.2 Å². The van der Waals surface area contributed by atoms with Crippen LogP contribution >= 0.6 is 0 Å². The molecule has 25 heavy (non-hydrogen) atoms. The number of nitrogens with one attached hydrogen (secondary N) is 1. The standard InChI is InChI=1S/C19H19N3O3/c1-12(2)24-16-10-8-14(9-11-16)17-18(22-25-21-17)20-19(23)15-6-4-13(3)5-7-15/h4-12H,1-3H3,(H,20,22,23). The summed E-state index contributed by atoms with van der Waals surface area (Å²) in [5.41, 5.74) is 2.87. The minimum atomic E-state index is -0.267. The van der Waals surface area contributed by atoms with Crippen LogP contribution in [0.5, 0.6) is 5.75 Å². The molecule has 0 saturated heterocycles. The van der Waals surface area contributed by atoms with Gasteiger partial charge in [-0.3, -0.25) is 4.79 Å². The first-order chi connectivity index (χ1) is 12.0. The van der Waals surface area contributed by atoms with Gasteiger partial charge < -0.3 is 10.1 Å². The molecule has 1 amide bonds. The Morgan fingerprint density at radius 2 is 1.72 bits per heavy atom. The third-order valence-electron chi connectivity index (χ3n) is 3.53. The number of anilines is 1. The Balaban J connectivity index is 1.78. The second kappa shape index (κ2) is 7.17. The van der Waals surface area contributed by atoms with E-state index in [1.54, 1.807) is 12.1 Å². The van der Waals surface area contributed by atoms with Crippen molar-refractivity contribution in [3.63, 3.8) is 0 Å². The van der Waals surface area contributed by atoms with Crippen molar-refractivity contribution >= 4 is 11.7 Å². The van der Waals surface area contributed by atoms with Crippen LogP contribution in [-0.2, 0) is 0 Å². The third kappa shape index (κ3) is 4.03. The highest BCUT2D eigenvalue weighted by molar-refractivity contribution is 6.05. The minimum Gasteiger partial charge on any atom is -0.491 e. The lowest BCUT2D eigenvalue weighted by atomic mass is 10.1. The molecule has 0 bridgehead atoms. The van der Waals surface area contributed by atoms with Gasteiger partial charge in [0.2, 0.25) is 5.82 Å². The predicted molar refractivity (Wildman–Crippen MR) is 94.6 cm³/mol. The van der Waals surface area contributed by atoms with Crippen molar-refractivity contribution in [2.75, 3.05) is 5.32 Å². The summed E-state index contributed by atoms with van der Waals surface area (Å²) in [4.78, 5) is 12.3. The Morgan fingerprint density at radius 1 is 1.04 bits per heavy atom. The van der Waals surface area contributed by atoms with E-state index in [1.807, 2.05) is 57.2 Å². The summed E-state index contributed by atoms with van der Waals surface area (Å²) in [6, 6.07) is 14.7. The fourth-order valence-electron chi connectivity index (χ4n) is 2.31. The Morgan fingerprint density at radius 3 is 2.36 bits per heavy atom. The van der Waals surface area contributed by atoms with Crippen LogP contribution in [0.2, 0.25) is 0 Å². The van der Waals surface area contributed by atoms with E-state index in [1.165, 1.54) is 0 Å². The summed E-state index contributed by atoms with van der Waals surface area (Å²) >= 11 is 0. The molecule has 0 aliphatic heterocycles. The number of nitrogens with zero attached hydrogens (tertiary/aromatic N) is 2. The second-order valence-corrected chi connectivity index (χ2v) is 5.97. The molecule has 6 heteroatoms. The molecule has 1 N–H and O–H groups in total. The van der Waals surface area contributed by atoms with Gasteiger partial charge in [0, 0.05) is 11.1 Å². The van der Waals surface area contributed by atoms with Crippen LogP contribution in [0.1, 0.15) is 29.8 Å². The van der Waals surface area contributed by atoms with Gasteiger partial charge in [-0.25, -0.2) is 4.63 Å². The molecule has 2 aromatic carbocycles. The molecule has 3 aromatic rings. The Hall–Kier alpha value is -3.15. The van der Waals surface area contributed by atoms with Gasteiger partial charge in [-0.05, 0) is 67.5 Å². The van der Waals surface area contributed by atoms with Crippen LogP contribution in [0.3, 0.4) is 0 Å². The van der Waals surface area contributed by atoms with Gasteiger partial charge in [0.15, 0.2) is 5.69 Å². The van der Waals surface area contributed by atoms with E-state index in [2.05, 4.69) is 15.6 Å². The first-order valence-electron chi connectivity index (χ1n) is 8.00. The number of hydrogen-bond donors (Lipinski definition) is 1. The summed E-state index contributed by atoms with van der Waals surface area (Å²) in [5, 5.41) is 10.4. The number of benzene rings is 2. The zero-order chi connectivity index (χ0) is 17.8. The minimum absolute atomic E-state index is 0.101. The topological polar surface area (TPSA) is 77.3 Å². The zero-order valence-corrected chi connectivity index (χ0v) is 14.3. The molecule has 3 rings (SSSR count). The van der Waals surface area contributed by atoms with Crippen LogP contribution in [0.25, 0.3) is 11.3 Å². The van der Waals surface area contributed by atoms with E-state index < -0.39 is 0 Å². The molecule has 1 heterocycles. The van der Waals surface area contributed by atoms with Crippen LogP contribution in [-0.4, -0.2) is 22.3 Å². The number of carbonyl (C=O) groups excluding carboxylic acids is 1. The summed E-state index contributed by atoms with van der Waals surface area (Å²) < 4.78 is 10.4. The number of ether oxygens (including phenoxy) is 1. The molecule has 0 spiro atoms. The molecular formula is C19H19N3O3. The normalized spacial score (nSPS) is 10.7. The molecule has 128 valence electrons. The highest BCUT2D eigenvalue weighted by Crippen LogP contribution is 2.27. The molecule has 1 aromatic heterocycles. The molecule has 0 radical (unpaired) electrons. The van der Waals surface area contributed by atoms with Gasteiger partial charge in [-0.1, -0.05) is 17.7 Å². The van der Waals surface area contributed by atoms with E-state index in [9.17, 15) is 4.79 Å². The maximum Gasteiger partial charge on any atom is 0.256 e. The lowest BCUT2D eigenvalue weighted by molar-refractivity contribution is 0.102. The van der Waals surface area contributed by atoms with Crippen molar-refractivity contribution < 1.29 is 14.2 Å². The van der Waals surface area contributed by atoms with E-state index in [0.29, 0.717) is 11.3 Å². The monoisotopic (exact) mass is 337 g/mol. The van der Waals surface area contributed by atoms with Crippen LogP contribution < -0.4 is 10.1 Å². The Labute approximate surface area is 145 Å². The summed E-state index contributed by atoms with van der Waals surface area (Å²) in [7, 11) is 0. The second-order valence-electron chi connectivity index (χ2n) is 5.97. The maximum absolute atomic E-state index is 12.3. The maximum atomic E-state index is 12.3. The molecule has 0 aliphatic carbocycles. The lowest BCUT2D eigenvalue weighted by Crippen LogP contribution is -2.12. The van der Waals surface area contributed by atoms with Crippen LogP contribution in [0.4, 0.5) is 5.82 Å². The summed E-state index contributed by atoms with van der Waals surface area (Å²) in [5.74, 6) is 0.778. The molecule has 0 fully saturated rings. The number of rotatable bonds is 5.